The van der Waals surface area contributed by atoms with E-state index in [4.69, 9.17) is 18.0 Å². The number of hydrogen-bond acceptors (Lipinski definition) is 3. The van der Waals surface area contributed by atoms with Gasteiger partial charge in [-0.1, -0.05) is 41.9 Å². The lowest BCUT2D eigenvalue weighted by atomic mass is 9.89. The van der Waals surface area contributed by atoms with Gasteiger partial charge in [0.15, 0.2) is 5.54 Å². The Morgan fingerprint density at radius 2 is 1.79 bits per heavy atom. The molecule has 28 heavy (non-hydrogen) atoms. The van der Waals surface area contributed by atoms with Crippen LogP contribution in [-0.4, -0.2) is 23.3 Å². The number of ether oxygens (including phenoxy) is 1. The Hall–Kier alpha value is -3.18. The van der Waals surface area contributed by atoms with Crippen LogP contribution >= 0.6 is 11.6 Å². The van der Waals surface area contributed by atoms with Gasteiger partial charge in [-0.2, -0.15) is 0 Å². The molecule has 1 amide bonds. The van der Waals surface area contributed by atoms with E-state index in [1.807, 2.05) is 5.92 Å². The van der Waals surface area contributed by atoms with E-state index in [0.717, 1.165) is 23.1 Å². The summed E-state index contributed by atoms with van der Waals surface area (Å²) in [6, 6.07) is 10.7. The second-order valence-corrected chi connectivity index (χ2v) is 6.10. The fourth-order valence-electron chi connectivity index (χ4n) is 2.59. The predicted octanol–water partition coefficient (Wildman–Crippen LogP) is 4.20. The molecule has 5 nitrogen and oxygen atoms in total. The first kappa shape index (κ1) is 21.1. The Morgan fingerprint density at radius 1 is 1.18 bits per heavy atom. The van der Waals surface area contributed by atoms with Gasteiger partial charge in [0.25, 0.3) is 0 Å². The van der Waals surface area contributed by atoms with Crippen LogP contribution in [0, 0.1) is 12.3 Å². The van der Waals surface area contributed by atoms with Crippen molar-refractivity contribution in [3.8, 4) is 18.1 Å². The molecule has 0 aromatic heterocycles. The number of nitrogens with zero attached hydrogens (tertiary/aromatic N) is 1. The molecule has 2 aromatic carbocycles. The fraction of sp³-hybridized carbons (Fsp3) is 0.158. The normalized spacial score (nSPS) is 13.1. The molecule has 0 bridgehead atoms. The first-order valence-corrected chi connectivity index (χ1v) is 8.03. The fourth-order valence-corrected chi connectivity index (χ4v) is 2.80. The summed E-state index contributed by atoms with van der Waals surface area (Å²) in [6.45, 7) is 1.24. The average Bonchev–Trinajstić information content (AvgIpc) is 2.63. The molecule has 0 unspecified atom stereocenters. The highest BCUT2D eigenvalue weighted by Crippen LogP contribution is 2.38. The van der Waals surface area contributed by atoms with Crippen molar-refractivity contribution in [2.24, 2.45) is 0 Å². The maximum Gasteiger partial charge on any atom is 0.573 e. The van der Waals surface area contributed by atoms with Gasteiger partial charge in [0.05, 0.1) is 5.02 Å². The van der Waals surface area contributed by atoms with Crippen molar-refractivity contribution < 1.29 is 32.6 Å². The number of carboxylic acid groups (broad SMARTS) is 1. The quantitative estimate of drug-likeness (QED) is 0.749. The zero-order valence-electron chi connectivity index (χ0n) is 14.3. The highest BCUT2D eigenvalue weighted by atomic mass is 35.5. The third-order valence-electron chi connectivity index (χ3n) is 3.93. The number of benzene rings is 2. The number of carbonyl (C=O) groups excluding carboxylic acids is 1. The lowest BCUT2D eigenvalue weighted by molar-refractivity contribution is -0.274. The van der Waals surface area contributed by atoms with Crippen molar-refractivity contribution in [1.29, 1.82) is 0 Å². The number of amides is 1. The summed E-state index contributed by atoms with van der Waals surface area (Å²) in [4.78, 5) is 25.3. The van der Waals surface area contributed by atoms with E-state index in [-0.39, 0.29) is 11.3 Å². The van der Waals surface area contributed by atoms with Gasteiger partial charge >= 0.3 is 18.2 Å². The Morgan fingerprint density at radius 3 is 2.25 bits per heavy atom. The van der Waals surface area contributed by atoms with E-state index in [0.29, 0.717) is 0 Å². The molecule has 0 aliphatic heterocycles. The predicted molar refractivity (Wildman–Crippen MR) is 95.9 cm³/mol. The minimum Gasteiger partial charge on any atom is -0.479 e. The average molecular weight is 412 g/mol. The third kappa shape index (κ3) is 4.21. The van der Waals surface area contributed by atoms with Crippen molar-refractivity contribution in [2.45, 2.75) is 18.8 Å². The van der Waals surface area contributed by atoms with Crippen molar-refractivity contribution in [3.63, 3.8) is 0 Å². The molecule has 1 atom stereocenters. The lowest BCUT2D eigenvalue weighted by Crippen LogP contribution is -2.53. The van der Waals surface area contributed by atoms with Crippen LogP contribution in [0.1, 0.15) is 12.5 Å². The molecule has 9 heteroatoms. The first-order chi connectivity index (χ1) is 13.0. The second-order valence-electron chi connectivity index (χ2n) is 5.69. The highest BCUT2D eigenvalue weighted by Gasteiger charge is 2.45. The van der Waals surface area contributed by atoms with E-state index in [2.05, 4.69) is 4.74 Å². The van der Waals surface area contributed by atoms with Gasteiger partial charge in [-0.05, 0) is 36.6 Å². The van der Waals surface area contributed by atoms with E-state index in [1.165, 1.54) is 19.1 Å². The molecule has 0 heterocycles. The molecule has 146 valence electrons. The molecule has 0 radical (unpaired) electrons. The first-order valence-electron chi connectivity index (χ1n) is 7.65. The number of carbonyl (C=O) groups is 2. The molecule has 2 aromatic rings. The van der Waals surface area contributed by atoms with Crippen molar-refractivity contribution >= 4 is 29.2 Å². The number of aliphatic carboxylic acids is 1. The Bertz CT molecular complexity index is 940. The lowest BCUT2D eigenvalue weighted by Gasteiger charge is -2.37. The number of halogens is 4. The standard InChI is InChI=1S/C19H13ClF3NO4/c1-3-16(25)24(18(2,17(26)27)12-7-5-4-6-8-12)13-9-10-15(14(20)11-13)28-19(21,22)23/h1,4-11H,2H3,(H,26,27)/t18-/m1/s1. The molecular weight excluding hydrogens is 399 g/mol. The van der Waals surface area contributed by atoms with Crippen LogP contribution < -0.4 is 9.64 Å². The van der Waals surface area contributed by atoms with Crippen molar-refractivity contribution in [3.05, 3.63) is 59.1 Å². The number of carboxylic acids is 1. The zero-order valence-corrected chi connectivity index (χ0v) is 15.1. The maximum absolute atomic E-state index is 12.4. The molecule has 0 saturated carbocycles. The minimum absolute atomic E-state index is 0.115. The second kappa shape index (κ2) is 7.82. The van der Waals surface area contributed by atoms with Crippen LogP contribution in [0.5, 0.6) is 5.75 Å². The maximum atomic E-state index is 12.4. The summed E-state index contributed by atoms with van der Waals surface area (Å²) in [5, 5.41) is 9.39. The number of rotatable bonds is 5. The minimum atomic E-state index is -4.97. The number of alkyl halides is 3. The Labute approximate surface area is 163 Å². The number of anilines is 1. The van der Waals surface area contributed by atoms with Crippen LogP contribution in [0.15, 0.2) is 48.5 Å². The smallest absolute Gasteiger partial charge is 0.479 e. The molecule has 2 rings (SSSR count). The van der Waals surface area contributed by atoms with Gasteiger partial charge < -0.3 is 9.84 Å². The topological polar surface area (TPSA) is 66.8 Å². The molecular formula is C19H13ClF3NO4. The Balaban J connectivity index is 2.64. The van der Waals surface area contributed by atoms with E-state index < -0.39 is 34.5 Å². The van der Waals surface area contributed by atoms with Crippen LogP contribution in [0.2, 0.25) is 5.02 Å². The summed E-state index contributed by atoms with van der Waals surface area (Å²) in [5.41, 5.74) is -1.85. The van der Waals surface area contributed by atoms with Crippen molar-refractivity contribution in [1.82, 2.24) is 0 Å². The van der Waals surface area contributed by atoms with Gasteiger partial charge in [-0.25, -0.2) is 4.79 Å². The van der Waals surface area contributed by atoms with E-state index in [9.17, 15) is 27.9 Å². The Kier molecular flexibility index (Phi) is 5.90. The largest absolute Gasteiger partial charge is 0.573 e. The third-order valence-corrected chi connectivity index (χ3v) is 4.22. The van der Waals surface area contributed by atoms with Gasteiger partial charge in [-0.15, -0.1) is 19.6 Å². The summed E-state index contributed by atoms with van der Waals surface area (Å²) in [7, 11) is 0. The monoisotopic (exact) mass is 411 g/mol. The van der Waals surface area contributed by atoms with Crippen LogP contribution in [0.4, 0.5) is 18.9 Å². The molecule has 0 saturated heterocycles. The van der Waals surface area contributed by atoms with Gasteiger partial charge in [0, 0.05) is 5.69 Å². The number of hydrogen-bond donors (Lipinski definition) is 1. The van der Waals surface area contributed by atoms with Crippen LogP contribution in [-0.2, 0) is 15.1 Å². The number of terminal acetylenes is 1. The highest BCUT2D eigenvalue weighted by molar-refractivity contribution is 6.32. The van der Waals surface area contributed by atoms with E-state index in [1.54, 1.807) is 18.2 Å². The van der Waals surface area contributed by atoms with Gasteiger partial charge in [0.2, 0.25) is 0 Å². The van der Waals surface area contributed by atoms with E-state index >= 15 is 0 Å². The summed E-state index contributed by atoms with van der Waals surface area (Å²) in [5.74, 6) is -1.30. The molecule has 0 aliphatic rings. The summed E-state index contributed by atoms with van der Waals surface area (Å²) in [6.07, 6.45) is 0.223. The molecule has 0 fully saturated rings. The zero-order chi connectivity index (χ0) is 21.1. The van der Waals surface area contributed by atoms with Gasteiger partial charge in [-0.3, -0.25) is 9.69 Å². The van der Waals surface area contributed by atoms with Gasteiger partial charge in [0.1, 0.15) is 5.75 Å². The van der Waals surface area contributed by atoms with Crippen molar-refractivity contribution in [2.75, 3.05) is 4.90 Å². The summed E-state index contributed by atoms with van der Waals surface area (Å²) >= 11 is 5.84. The van der Waals surface area contributed by atoms with Crippen LogP contribution in [0.3, 0.4) is 0 Å². The van der Waals surface area contributed by atoms with Crippen LogP contribution in [0.25, 0.3) is 0 Å². The molecule has 1 N–H and O–H groups in total. The summed E-state index contributed by atoms with van der Waals surface area (Å²) < 4.78 is 41.1. The molecule has 0 aliphatic carbocycles. The SMILES string of the molecule is C#CC(=O)N(c1ccc(OC(F)(F)F)c(Cl)c1)[C@@](C)(C(=O)O)c1ccccc1. The molecule has 0 spiro atoms.